The SMILES string of the molecule is [C-]#[N+]c1[nH]c(N2C(=O)C=CC2=O)[nH+]c1[N+]#[C-]. The highest BCUT2D eigenvalue weighted by Gasteiger charge is 2.38. The van der Waals surface area contributed by atoms with Gasteiger partial charge in [0, 0.05) is 12.2 Å². The molecule has 0 spiro atoms. The van der Waals surface area contributed by atoms with E-state index >= 15 is 0 Å². The molecule has 7 nitrogen and oxygen atoms in total. The van der Waals surface area contributed by atoms with Crippen molar-refractivity contribution in [1.82, 2.24) is 4.98 Å². The molecule has 0 bridgehead atoms. The van der Waals surface area contributed by atoms with Crippen LogP contribution in [0, 0.1) is 13.1 Å². The van der Waals surface area contributed by atoms with Gasteiger partial charge in [-0.3, -0.25) is 0 Å². The maximum absolute atomic E-state index is 11.3. The summed E-state index contributed by atoms with van der Waals surface area (Å²) in [7, 11) is 0. The highest BCUT2D eigenvalue weighted by Crippen LogP contribution is 2.25. The largest absolute Gasteiger partial charge is 0.429 e. The lowest BCUT2D eigenvalue weighted by Crippen LogP contribution is -2.33. The number of nitrogens with one attached hydrogen (secondary N) is 2. The number of imide groups is 1. The predicted octanol–water partition coefficient (Wildman–Crippen LogP) is 0.360. The molecule has 1 aliphatic rings. The average molecular weight is 214 g/mol. The number of rotatable bonds is 1. The number of aromatic nitrogens is 2. The van der Waals surface area contributed by atoms with Gasteiger partial charge in [-0.2, -0.15) is 0 Å². The molecule has 1 aliphatic heterocycles. The van der Waals surface area contributed by atoms with Crippen LogP contribution in [-0.2, 0) is 9.59 Å². The minimum absolute atomic E-state index is 0.0250. The Morgan fingerprint density at radius 2 is 1.81 bits per heavy atom. The van der Waals surface area contributed by atoms with E-state index in [0.29, 0.717) is 0 Å². The van der Waals surface area contributed by atoms with Crippen molar-refractivity contribution in [2.45, 2.75) is 0 Å². The van der Waals surface area contributed by atoms with Crippen LogP contribution in [-0.4, -0.2) is 16.8 Å². The second kappa shape index (κ2) is 3.33. The van der Waals surface area contributed by atoms with Crippen LogP contribution in [0.5, 0.6) is 0 Å². The summed E-state index contributed by atoms with van der Waals surface area (Å²) in [5.41, 5.74) is 0. The first kappa shape index (κ1) is 9.62. The molecule has 0 radical (unpaired) electrons. The Balaban J connectivity index is 2.48. The lowest BCUT2D eigenvalue weighted by molar-refractivity contribution is -0.341. The van der Waals surface area contributed by atoms with Crippen LogP contribution in [0.25, 0.3) is 9.69 Å². The minimum atomic E-state index is -0.518. The Hall–Kier alpha value is -2.93. The van der Waals surface area contributed by atoms with Crippen molar-refractivity contribution < 1.29 is 14.6 Å². The first-order chi connectivity index (χ1) is 7.67. The number of imidazole rings is 1. The van der Waals surface area contributed by atoms with Crippen LogP contribution in [0.2, 0.25) is 0 Å². The molecule has 2 rings (SSSR count). The number of hydrogen-bond acceptors (Lipinski definition) is 2. The summed E-state index contributed by atoms with van der Waals surface area (Å²) in [5, 5.41) is 0. The summed E-state index contributed by atoms with van der Waals surface area (Å²) in [6.07, 6.45) is 2.23. The fourth-order valence-corrected chi connectivity index (χ4v) is 1.27. The Morgan fingerprint density at radius 3 is 2.25 bits per heavy atom. The van der Waals surface area contributed by atoms with Crippen molar-refractivity contribution in [3.63, 3.8) is 0 Å². The quantitative estimate of drug-likeness (QED) is 0.541. The zero-order valence-electron chi connectivity index (χ0n) is 7.81. The summed E-state index contributed by atoms with van der Waals surface area (Å²) in [6.45, 7) is 13.6. The highest BCUT2D eigenvalue weighted by atomic mass is 16.2. The van der Waals surface area contributed by atoms with Gasteiger partial charge in [-0.25, -0.2) is 19.6 Å². The smallest absolute Gasteiger partial charge is 0.373 e. The fraction of sp³-hybridized carbons (Fsp3) is 0. The van der Waals surface area contributed by atoms with E-state index in [-0.39, 0.29) is 17.6 Å². The number of nitrogens with zero attached hydrogens (tertiary/aromatic N) is 3. The Labute approximate surface area is 89.6 Å². The van der Waals surface area contributed by atoms with E-state index in [9.17, 15) is 9.59 Å². The van der Waals surface area contributed by atoms with Gasteiger partial charge in [0.1, 0.15) is 0 Å². The van der Waals surface area contributed by atoms with E-state index in [1.807, 2.05) is 0 Å². The van der Waals surface area contributed by atoms with E-state index in [4.69, 9.17) is 13.1 Å². The van der Waals surface area contributed by atoms with Crippen LogP contribution < -0.4 is 9.88 Å². The zero-order valence-corrected chi connectivity index (χ0v) is 7.81. The highest BCUT2D eigenvalue weighted by molar-refractivity contribution is 6.27. The van der Waals surface area contributed by atoms with Gasteiger partial charge in [0.2, 0.25) is 0 Å². The van der Waals surface area contributed by atoms with E-state index in [2.05, 4.69) is 19.7 Å². The van der Waals surface area contributed by atoms with E-state index in [0.717, 1.165) is 17.1 Å². The molecule has 1 aromatic rings. The van der Waals surface area contributed by atoms with Crippen molar-refractivity contribution in [2.24, 2.45) is 0 Å². The topological polar surface area (TPSA) is 76.0 Å². The lowest BCUT2D eigenvalue weighted by atomic mass is 10.6. The average Bonchev–Trinajstić information content (AvgIpc) is 2.82. The maximum atomic E-state index is 11.3. The summed E-state index contributed by atoms with van der Waals surface area (Å²) in [6, 6.07) is 0. The number of aromatic amines is 2. The third kappa shape index (κ3) is 1.24. The van der Waals surface area contributed by atoms with Crippen LogP contribution in [0.15, 0.2) is 12.2 Å². The van der Waals surface area contributed by atoms with Gasteiger partial charge < -0.3 is 9.69 Å². The van der Waals surface area contributed by atoms with Crippen molar-refractivity contribution in [3.8, 4) is 0 Å². The number of H-pyrrole nitrogens is 2. The normalized spacial score (nSPS) is 14.0. The third-order valence-electron chi connectivity index (χ3n) is 1.95. The lowest BCUT2D eigenvalue weighted by Gasteiger charge is -1.97. The summed E-state index contributed by atoms with van der Waals surface area (Å²) < 4.78 is 0. The second-order valence-electron chi connectivity index (χ2n) is 2.86. The molecular formula is C9H4N5O2+. The van der Waals surface area contributed by atoms with Crippen molar-refractivity contribution in [2.75, 3.05) is 4.90 Å². The van der Waals surface area contributed by atoms with Crippen LogP contribution in [0.1, 0.15) is 0 Å². The Morgan fingerprint density at radius 1 is 1.19 bits per heavy atom. The molecule has 0 unspecified atom stereocenters. The molecule has 0 saturated heterocycles. The number of carbonyl (C=O) groups excluding carboxylic acids is 2. The van der Waals surface area contributed by atoms with E-state index in [1.165, 1.54) is 0 Å². The van der Waals surface area contributed by atoms with Crippen molar-refractivity contribution in [3.05, 3.63) is 35.0 Å². The molecule has 0 aliphatic carbocycles. The molecule has 16 heavy (non-hydrogen) atoms. The Bertz CT molecular complexity index is 549. The minimum Gasteiger partial charge on any atom is -0.373 e. The maximum Gasteiger partial charge on any atom is 0.429 e. The molecular weight excluding hydrogens is 210 g/mol. The molecule has 0 atom stereocenters. The summed E-state index contributed by atoms with van der Waals surface area (Å²) >= 11 is 0. The molecule has 76 valence electrons. The number of anilines is 1. The van der Waals surface area contributed by atoms with Gasteiger partial charge in [0.25, 0.3) is 11.6 Å². The van der Waals surface area contributed by atoms with Gasteiger partial charge in [-0.1, -0.05) is 18.0 Å². The molecule has 1 aromatic heterocycles. The molecule has 7 heteroatoms. The van der Waals surface area contributed by atoms with Gasteiger partial charge in [0.05, 0.1) is 0 Å². The second-order valence-corrected chi connectivity index (χ2v) is 2.86. The van der Waals surface area contributed by atoms with Gasteiger partial charge in [0.15, 0.2) is 0 Å². The zero-order chi connectivity index (χ0) is 11.7. The van der Waals surface area contributed by atoms with E-state index < -0.39 is 11.8 Å². The molecule has 0 saturated carbocycles. The fourth-order valence-electron chi connectivity index (χ4n) is 1.27. The molecule has 2 amide bonds. The summed E-state index contributed by atoms with van der Waals surface area (Å²) in [4.78, 5) is 34.6. The number of carbonyl (C=O) groups is 2. The molecule has 0 fully saturated rings. The van der Waals surface area contributed by atoms with Crippen molar-refractivity contribution >= 4 is 29.4 Å². The van der Waals surface area contributed by atoms with Gasteiger partial charge >= 0.3 is 17.8 Å². The van der Waals surface area contributed by atoms with E-state index in [1.54, 1.807) is 0 Å². The van der Waals surface area contributed by atoms with Crippen LogP contribution >= 0.6 is 0 Å². The first-order valence-corrected chi connectivity index (χ1v) is 4.13. The first-order valence-electron chi connectivity index (χ1n) is 4.13. The molecule has 2 heterocycles. The molecule has 0 aromatic carbocycles. The van der Waals surface area contributed by atoms with Crippen LogP contribution in [0.4, 0.5) is 17.6 Å². The van der Waals surface area contributed by atoms with Crippen molar-refractivity contribution in [1.29, 1.82) is 0 Å². The standard InChI is InChI=1S/C9H3N5O2/c1-10-7-8(11-2)13-9(12-7)14-5(15)3-4-6(14)16/h3-4H,(H,12,13)/p+1. The molecule has 2 N–H and O–H groups in total. The predicted molar refractivity (Wildman–Crippen MR) is 51.5 cm³/mol. The summed E-state index contributed by atoms with van der Waals surface area (Å²) in [5.74, 6) is -1.07. The monoisotopic (exact) mass is 214 g/mol. The third-order valence-corrected chi connectivity index (χ3v) is 1.95. The van der Waals surface area contributed by atoms with Gasteiger partial charge in [-0.05, 0) is 0 Å². The van der Waals surface area contributed by atoms with Gasteiger partial charge in [-0.15, -0.1) is 0 Å². The number of hydrogen-bond donors (Lipinski definition) is 1. The Kier molecular flexibility index (Phi) is 2.00. The van der Waals surface area contributed by atoms with Crippen LogP contribution in [0.3, 0.4) is 0 Å². The number of amides is 2.